The van der Waals surface area contributed by atoms with Crippen LogP contribution in [-0.4, -0.2) is 33.9 Å². The first-order chi connectivity index (χ1) is 10.9. The number of aliphatic carboxylic acids is 1. The van der Waals surface area contributed by atoms with Crippen molar-refractivity contribution < 1.29 is 19.5 Å². The summed E-state index contributed by atoms with van der Waals surface area (Å²) in [5.74, 6) is -1.86. The number of hydrogen-bond donors (Lipinski definition) is 3. The summed E-state index contributed by atoms with van der Waals surface area (Å²) >= 11 is 1.27. The lowest BCUT2D eigenvalue weighted by atomic mass is 10.0. The van der Waals surface area contributed by atoms with E-state index in [1.807, 2.05) is 0 Å². The normalized spacial score (nSPS) is 20.5. The Morgan fingerprint density at radius 1 is 1.39 bits per heavy atom. The summed E-state index contributed by atoms with van der Waals surface area (Å²) in [5, 5.41) is 16.8. The Bertz CT molecular complexity index is 599. The molecule has 0 aliphatic heterocycles. The smallest absolute Gasteiger partial charge is 0.308 e. The van der Waals surface area contributed by atoms with Crippen LogP contribution in [0.2, 0.25) is 0 Å². The maximum absolute atomic E-state index is 12.0. The summed E-state index contributed by atoms with van der Waals surface area (Å²) in [5.41, 5.74) is 0.566. The zero-order valence-corrected chi connectivity index (χ0v) is 14.0. The quantitative estimate of drug-likeness (QED) is 0.730. The van der Waals surface area contributed by atoms with Crippen LogP contribution < -0.4 is 10.6 Å². The highest BCUT2D eigenvalue weighted by atomic mass is 32.1. The largest absolute Gasteiger partial charge is 0.481 e. The second-order valence-corrected chi connectivity index (χ2v) is 6.87. The molecular formula is C15H21N3O4S. The molecule has 23 heavy (non-hydrogen) atoms. The molecule has 0 bridgehead atoms. The maximum Gasteiger partial charge on any atom is 0.308 e. The molecule has 1 aliphatic rings. The van der Waals surface area contributed by atoms with Crippen LogP contribution >= 0.6 is 11.3 Å². The van der Waals surface area contributed by atoms with Crippen molar-refractivity contribution in [3.8, 4) is 0 Å². The minimum absolute atomic E-state index is 0.0802. The molecule has 2 amide bonds. The van der Waals surface area contributed by atoms with Gasteiger partial charge in [-0.15, -0.1) is 11.3 Å². The lowest BCUT2D eigenvalue weighted by Gasteiger charge is -2.17. The van der Waals surface area contributed by atoms with Crippen LogP contribution in [0.5, 0.6) is 0 Å². The summed E-state index contributed by atoms with van der Waals surface area (Å²) < 4.78 is 0. The molecule has 1 aromatic rings. The topological polar surface area (TPSA) is 108 Å². The van der Waals surface area contributed by atoms with Gasteiger partial charge in [0.2, 0.25) is 11.8 Å². The molecular weight excluding hydrogens is 318 g/mol. The molecule has 2 atom stereocenters. The molecule has 7 nitrogen and oxygen atoms in total. The Morgan fingerprint density at radius 2 is 2.13 bits per heavy atom. The molecule has 0 spiro atoms. The fraction of sp³-hybridized carbons (Fsp3) is 0.600. The minimum Gasteiger partial charge on any atom is -0.481 e. The van der Waals surface area contributed by atoms with Gasteiger partial charge < -0.3 is 15.7 Å². The number of nitrogens with zero attached hydrogens (tertiary/aromatic N) is 1. The van der Waals surface area contributed by atoms with Gasteiger partial charge in [0.25, 0.3) is 0 Å². The van der Waals surface area contributed by atoms with E-state index in [1.165, 1.54) is 11.3 Å². The Labute approximate surface area is 138 Å². The highest BCUT2D eigenvalue weighted by Gasteiger charge is 2.33. The second-order valence-electron chi connectivity index (χ2n) is 6.01. The highest BCUT2D eigenvalue weighted by molar-refractivity contribution is 7.13. The number of anilines is 1. The van der Waals surface area contributed by atoms with Crippen LogP contribution in [0.1, 0.15) is 38.8 Å². The average molecular weight is 339 g/mol. The Balaban J connectivity index is 1.87. The third kappa shape index (κ3) is 4.75. The summed E-state index contributed by atoms with van der Waals surface area (Å²) in [4.78, 5) is 39.0. The third-order valence-electron chi connectivity index (χ3n) is 3.83. The van der Waals surface area contributed by atoms with Crippen LogP contribution in [-0.2, 0) is 20.8 Å². The lowest BCUT2D eigenvalue weighted by molar-refractivity contribution is -0.142. The zero-order valence-electron chi connectivity index (χ0n) is 13.2. The number of carboxylic acids is 1. The molecule has 1 saturated carbocycles. The molecule has 0 saturated heterocycles. The van der Waals surface area contributed by atoms with Crippen molar-refractivity contribution in [3.05, 3.63) is 11.1 Å². The molecule has 3 N–H and O–H groups in total. The van der Waals surface area contributed by atoms with Gasteiger partial charge in [-0.3, -0.25) is 14.4 Å². The number of carboxylic acid groups (broad SMARTS) is 1. The van der Waals surface area contributed by atoms with Crippen LogP contribution in [0, 0.1) is 11.8 Å². The molecule has 0 unspecified atom stereocenters. The van der Waals surface area contributed by atoms with E-state index in [0.29, 0.717) is 23.7 Å². The number of hydrogen-bond acceptors (Lipinski definition) is 5. The van der Waals surface area contributed by atoms with Gasteiger partial charge in [0.15, 0.2) is 5.13 Å². The summed E-state index contributed by atoms with van der Waals surface area (Å²) in [6.07, 6.45) is 2.18. The number of carbonyl (C=O) groups is 3. The van der Waals surface area contributed by atoms with Crippen molar-refractivity contribution in [1.82, 2.24) is 10.3 Å². The average Bonchev–Trinajstić information content (AvgIpc) is 3.08. The summed E-state index contributed by atoms with van der Waals surface area (Å²) in [6, 6.07) is -0.307. The van der Waals surface area contributed by atoms with Crippen LogP contribution in [0.3, 0.4) is 0 Å². The molecule has 126 valence electrons. The van der Waals surface area contributed by atoms with Crippen LogP contribution in [0.15, 0.2) is 5.38 Å². The number of aromatic nitrogens is 1. The number of carbonyl (C=O) groups excluding carboxylic acids is 2. The fourth-order valence-corrected chi connectivity index (χ4v) is 3.26. The summed E-state index contributed by atoms with van der Waals surface area (Å²) in [7, 11) is 0. The lowest BCUT2D eigenvalue weighted by Crippen LogP contribution is -2.40. The standard InChI is InChI=1S/C15H21N3O4S/c1-8(2)13(20)18-15-16-9(7-23-15)6-12(19)17-11-5-3-4-10(11)14(21)22/h7-8,10-11H,3-6H2,1-2H3,(H,17,19)(H,21,22)(H,16,18,20)/t10-,11+/m0/s1. The van der Waals surface area contributed by atoms with Gasteiger partial charge in [0.05, 0.1) is 18.0 Å². The van der Waals surface area contributed by atoms with Gasteiger partial charge in [-0.05, 0) is 12.8 Å². The van der Waals surface area contributed by atoms with E-state index in [1.54, 1.807) is 19.2 Å². The Kier molecular flexibility index (Phi) is 5.70. The van der Waals surface area contributed by atoms with Crippen molar-refractivity contribution >= 4 is 34.3 Å². The Morgan fingerprint density at radius 3 is 2.78 bits per heavy atom. The molecule has 1 fully saturated rings. The van der Waals surface area contributed by atoms with E-state index in [0.717, 1.165) is 6.42 Å². The maximum atomic E-state index is 12.0. The van der Waals surface area contributed by atoms with E-state index >= 15 is 0 Å². The second kappa shape index (κ2) is 7.54. The van der Waals surface area contributed by atoms with E-state index in [-0.39, 0.29) is 30.2 Å². The number of thiazole rings is 1. The molecule has 1 aliphatic carbocycles. The molecule has 8 heteroatoms. The van der Waals surface area contributed by atoms with Crippen molar-refractivity contribution in [2.24, 2.45) is 11.8 Å². The van der Waals surface area contributed by atoms with E-state index < -0.39 is 11.9 Å². The SMILES string of the molecule is CC(C)C(=O)Nc1nc(CC(=O)N[C@@H]2CCC[C@@H]2C(=O)O)cs1. The van der Waals surface area contributed by atoms with Gasteiger partial charge in [0, 0.05) is 17.3 Å². The first kappa shape index (κ1) is 17.4. The molecule has 1 aromatic heterocycles. The first-order valence-electron chi connectivity index (χ1n) is 7.64. The fourth-order valence-electron chi connectivity index (χ4n) is 2.55. The minimum atomic E-state index is -0.861. The first-order valence-corrected chi connectivity index (χ1v) is 8.52. The number of nitrogens with one attached hydrogen (secondary N) is 2. The van der Waals surface area contributed by atoms with Gasteiger partial charge >= 0.3 is 5.97 Å². The van der Waals surface area contributed by atoms with Crippen LogP contribution in [0.4, 0.5) is 5.13 Å². The van der Waals surface area contributed by atoms with Crippen LogP contribution in [0.25, 0.3) is 0 Å². The van der Waals surface area contributed by atoms with Gasteiger partial charge in [-0.2, -0.15) is 0 Å². The predicted molar refractivity (Wildman–Crippen MR) is 86.2 cm³/mol. The molecule has 0 aromatic carbocycles. The Hall–Kier alpha value is -1.96. The van der Waals surface area contributed by atoms with E-state index in [4.69, 9.17) is 5.11 Å². The van der Waals surface area contributed by atoms with Gasteiger partial charge in [0.1, 0.15) is 0 Å². The van der Waals surface area contributed by atoms with Crippen molar-refractivity contribution in [3.63, 3.8) is 0 Å². The predicted octanol–water partition coefficient (Wildman–Crippen LogP) is 1.65. The van der Waals surface area contributed by atoms with Gasteiger partial charge in [-0.1, -0.05) is 20.3 Å². The van der Waals surface area contributed by atoms with E-state index in [2.05, 4.69) is 15.6 Å². The molecule has 0 radical (unpaired) electrons. The highest BCUT2D eigenvalue weighted by Crippen LogP contribution is 2.26. The third-order valence-corrected chi connectivity index (χ3v) is 4.63. The number of amides is 2. The summed E-state index contributed by atoms with van der Waals surface area (Å²) in [6.45, 7) is 3.58. The van der Waals surface area contributed by atoms with Gasteiger partial charge in [-0.25, -0.2) is 4.98 Å². The zero-order chi connectivity index (χ0) is 17.0. The molecule has 2 rings (SSSR count). The number of rotatable bonds is 6. The van der Waals surface area contributed by atoms with Crippen molar-refractivity contribution in [1.29, 1.82) is 0 Å². The monoisotopic (exact) mass is 339 g/mol. The molecule has 1 heterocycles. The van der Waals surface area contributed by atoms with Crippen molar-refractivity contribution in [2.45, 2.75) is 45.6 Å². The van der Waals surface area contributed by atoms with E-state index in [9.17, 15) is 14.4 Å². The van der Waals surface area contributed by atoms with Crippen molar-refractivity contribution in [2.75, 3.05) is 5.32 Å².